The van der Waals surface area contributed by atoms with Gasteiger partial charge in [0.15, 0.2) is 0 Å². The Morgan fingerprint density at radius 2 is 1.90 bits per heavy atom. The standard InChI is InChI=1S/C20H28Cl2N2O5S/c1-13(25)8-14-12-23(6-7-29-2)20(26)19-5-3-4-18(14)24(19)30(27,28)17-10-15(21)9-16(22)11-17/h9-11,13-14,18-19,25H,3-8,12H2,1-2H3/t13-,14-,18-,19?/m0/s1. The van der Waals surface area contributed by atoms with Crippen molar-refractivity contribution in [1.82, 2.24) is 9.21 Å². The Hall–Kier alpha value is -0.900. The molecule has 1 N–H and O–H groups in total. The maximum Gasteiger partial charge on any atom is 0.244 e. The smallest absolute Gasteiger partial charge is 0.244 e. The van der Waals surface area contributed by atoms with E-state index in [0.717, 1.165) is 6.42 Å². The third-order valence-electron chi connectivity index (χ3n) is 5.83. The Kier molecular flexibility index (Phi) is 7.69. The molecule has 0 aliphatic carbocycles. The number of nitrogens with zero attached hydrogens (tertiary/aromatic N) is 2. The normalized spacial score (nSPS) is 26.5. The number of hydrogen-bond acceptors (Lipinski definition) is 5. The predicted octanol–water partition coefficient (Wildman–Crippen LogP) is 2.78. The first-order valence-corrected chi connectivity index (χ1v) is 12.3. The van der Waals surface area contributed by atoms with E-state index in [0.29, 0.717) is 39.0 Å². The molecule has 10 heteroatoms. The van der Waals surface area contributed by atoms with Gasteiger partial charge in [0.2, 0.25) is 15.9 Å². The Bertz CT molecular complexity index is 860. The van der Waals surface area contributed by atoms with Crippen molar-refractivity contribution in [2.75, 3.05) is 26.8 Å². The number of fused-ring (bicyclic) bond motifs is 2. The number of carbonyl (C=O) groups excluding carboxylic acids is 1. The van der Waals surface area contributed by atoms with Crippen LogP contribution in [0.2, 0.25) is 10.0 Å². The minimum atomic E-state index is -4.03. The number of sulfonamides is 1. The zero-order valence-corrected chi connectivity index (χ0v) is 19.5. The van der Waals surface area contributed by atoms with Crippen LogP contribution in [0.3, 0.4) is 0 Å². The number of carbonyl (C=O) groups is 1. The highest BCUT2D eigenvalue weighted by molar-refractivity contribution is 7.89. The van der Waals surface area contributed by atoms with Crippen molar-refractivity contribution in [1.29, 1.82) is 0 Å². The molecule has 4 atom stereocenters. The van der Waals surface area contributed by atoms with Crippen LogP contribution in [0.5, 0.6) is 0 Å². The molecule has 2 bridgehead atoms. The number of piperidine rings is 1. The van der Waals surface area contributed by atoms with Crippen LogP contribution in [0.15, 0.2) is 23.1 Å². The largest absolute Gasteiger partial charge is 0.393 e. The highest BCUT2D eigenvalue weighted by Gasteiger charge is 2.50. The Balaban J connectivity index is 2.08. The van der Waals surface area contributed by atoms with E-state index in [2.05, 4.69) is 0 Å². The summed E-state index contributed by atoms with van der Waals surface area (Å²) in [6.45, 7) is 2.81. The molecule has 1 aromatic carbocycles. The zero-order chi connectivity index (χ0) is 22.1. The fraction of sp³-hybridized carbons (Fsp3) is 0.650. The van der Waals surface area contributed by atoms with Gasteiger partial charge in [-0.2, -0.15) is 4.31 Å². The summed E-state index contributed by atoms with van der Waals surface area (Å²) in [6.07, 6.45) is 1.62. The highest BCUT2D eigenvalue weighted by atomic mass is 35.5. The topological polar surface area (TPSA) is 87.2 Å². The molecule has 0 saturated carbocycles. The first-order chi connectivity index (χ1) is 14.1. The van der Waals surface area contributed by atoms with Gasteiger partial charge in [-0.3, -0.25) is 4.79 Å². The number of hydrogen-bond donors (Lipinski definition) is 1. The zero-order valence-electron chi connectivity index (χ0n) is 17.1. The number of aliphatic hydroxyl groups is 1. The second-order valence-corrected chi connectivity index (χ2v) is 10.8. The molecule has 1 unspecified atom stereocenters. The SMILES string of the molecule is COCCN1C[C@H](C[C@H](C)O)[C@@H]2CCCC(C1=O)N2S(=O)(=O)c1cc(Cl)cc(Cl)c1. The fourth-order valence-corrected chi connectivity index (χ4v) is 7.22. The van der Waals surface area contributed by atoms with Crippen LogP contribution in [0.25, 0.3) is 0 Å². The number of ether oxygens (including phenoxy) is 1. The second-order valence-electron chi connectivity index (χ2n) is 8.08. The first kappa shape index (κ1) is 23.8. The maximum absolute atomic E-state index is 13.7. The molecule has 2 saturated heterocycles. The lowest BCUT2D eigenvalue weighted by Gasteiger charge is -2.41. The van der Waals surface area contributed by atoms with Crippen molar-refractivity contribution in [2.45, 2.75) is 55.7 Å². The van der Waals surface area contributed by atoms with Gasteiger partial charge in [0, 0.05) is 36.3 Å². The number of halogens is 2. The number of benzene rings is 1. The number of aliphatic hydroxyl groups excluding tert-OH is 1. The molecule has 3 rings (SSSR count). The molecule has 2 fully saturated rings. The summed E-state index contributed by atoms with van der Waals surface area (Å²) in [7, 11) is -2.47. The van der Waals surface area contributed by atoms with Gasteiger partial charge in [-0.25, -0.2) is 8.42 Å². The lowest BCUT2D eigenvalue weighted by molar-refractivity contribution is -0.135. The third kappa shape index (κ3) is 4.95. The summed E-state index contributed by atoms with van der Waals surface area (Å²) in [6, 6.07) is 3.01. The summed E-state index contributed by atoms with van der Waals surface area (Å²) in [5.41, 5.74) is 0. The summed E-state index contributed by atoms with van der Waals surface area (Å²) in [5.74, 6) is -0.415. The molecule has 2 aliphatic heterocycles. The fourth-order valence-electron chi connectivity index (χ4n) is 4.60. The van der Waals surface area contributed by atoms with Gasteiger partial charge in [0.05, 0.1) is 17.6 Å². The predicted molar refractivity (Wildman–Crippen MR) is 115 cm³/mol. The van der Waals surface area contributed by atoms with Crippen molar-refractivity contribution in [2.24, 2.45) is 5.92 Å². The van der Waals surface area contributed by atoms with E-state index in [1.807, 2.05) is 0 Å². The van der Waals surface area contributed by atoms with Crippen LogP contribution in [-0.2, 0) is 19.6 Å². The number of rotatable bonds is 7. The van der Waals surface area contributed by atoms with Gasteiger partial charge in [-0.1, -0.05) is 23.2 Å². The molecule has 168 valence electrons. The number of methoxy groups -OCH3 is 1. The minimum Gasteiger partial charge on any atom is -0.393 e. The minimum absolute atomic E-state index is 0.0224. The third-order valence-corrected chi connectivity index (χ3v) is 8.18. The van der Waals surface area contributed by atoms with Gasteiger partial charge in [0.25, 0.3) is 0 Å². The molecule has 30 heavy (non-hydrogen) atoms. The van der Waals surface area contributed by atoms with Crippen molar-refractivity contribution < 1.29 is 23.1 Å². The molecule has 2 aliphatic rings. The highest BCUT2D eigenvalue weighted by Crippen LogP contribution is 2.39. The van der Waals surface area contributed by atoms with Crippen molar-refractivity contribution >= 4 is 39.1 Å². The maximum atomic E-state index is 13.7. The molecule has 7 nitrogen and oxygen atoms in total. The van der Waals surface area contributed by atoms with Crippen LogP contribution in [0.4, 0.5) is 0 Å². The van der Waals surface area contributed by atoms with E-state index in [1.165, 1.54) is 22.5 Å². The average Bonchev–Trinajstić information content (AvgIpc) is 2.73. The van der Waals surface area contributed by atoms with Crippen molar-refractivity contribution in [3.63, 3.8) is 0 Å². The summed E-state index contributed by atoms with van der Waals surface area (Å²) >= 11 is 12.1. The average molecular weight is 479 g/mol. The van der Waals surface area contributed by atoms with E-state index in [1.54, 1.807) is 18.9 Å². The lowest BCUT2D eigenvalue weighted by atomic mass is 9.87. The molecule has 0 spiro atoms. The molecule has 0 aromatic heterocycles. The van der Waals surface area contributed by atoms with Gasteiger partial charge in [-0.15, -0.1) is 0 Å². The van der Waals surface area contributed by atoms with E-state index in [9.17, 15) is 18.3 Å². The Morgan fingerprint density at radius 1 is 1.23 bits per heavy atom. The van der Waals surface area contributed by atoms with E-state index in [4.69, 9.17) is 27.9 Å². The van der Waals surface area contributed by atoms with Gasteiger partial charge in [-0.05, 0) is 56.7 Å². The molecular formula is C20H28Cl2N2O5S. The summed E-state index contributed by atoms with van der Waals surface area (Å²) in [4.78, 5) is 15.0. The quantitative estimate of drug-likeness (QED) is 0.650. The van der Waals surface area contributed by atoms with Crippen molar-refractivity contribution in [3.8, 4) is 0 Å². The number of amides is 1. The van der Waals surface area contributed by atoms with Crippen LogP contribution in [-0.4, -0.2) is 73.6 Å². The molecule has 1 aromatic rings. The molecule has 0 radical (unpaired) electrons. The summed E-state index contributed by atoms with van der Waals surface area (Å²) < 4.78 is 33.9. The first-order valence-electron chi connectivity index (χ1n) is 10.1. The monoisotopic (exact) mass is 478 g/mol. The van der Waals surface area contributed by atoms with E-state index >= 15 is 0 Å². The molecule has 1 amide bonds. The van der Waals surface area contributed by atoms with Crippen LogP contribution < -0.4 is 0 Å². The summed E-state index contributed by atoms with van der Waals surface area (Å²) in [5, 5.41) is 10.5. The van der Waals surface area contributed by atoms with E-state index in [-0.39, 0.29) is 26.8 Å². The second kappa shape index (κ2) is 9.71. The Morgan fingerprint density at radius 3 is 2.50 bits per heavy atom. The van der Waals surface area contributed by atoms with Crippen LogP contribution in [0, 0.1) is 5.92 Å². The van der Waals surface area contributed by atoms with Gasteiger partial charge in [0.1, 0.15) is 6.04 Å². The van der Waals surface area contributed by atoms with Crippen LogP contribution in [0.1, 0.15) is 32.6 Å². The van der Waals surface area contributed by atoms with Gasteiger partial charge < -0.3 is 14.7 Å². The van der Waals surface area contributed by atoms with Crippen molar-refractivity contribution in [3.05, 3.63) is 28.2 Å². The van der Waals surface area contributed by atoms with Crippen LogP contribution >= 0.6 is 23.2 Å². The van der Waals surface area contributed by atoms with E-state index < -0.39 is 28.2 Å². The Labute approximate surface area is 187 Å². The molecular weight excluding hydrogens is 451 g/mol. The molecule has 2 heterocycles. The lowest BCUT2D eigenvalue weighted by Crippen LogP contribution is -2.55. The van der Waals surface area contributed by atoms with Gasteiger partial charge >= 0.3 is 0 Å².